The molecule has 7 nitrogen and oxygen atoms in total. The molecule has 2 bridgehead atoms. The average molecular weight is 501 g/mol. The molecule has 0 spiro atoms. The van der Waals surface area contributed by atoms with Crippen LogP contribution in [0.2, 0.25) is 0 Å². The van der Waals surface area contributed by atoms with Crippen molar-refractivity contribution in [2.24, 2.45) is 16.7 Å². The van der Waals surface area contributed by atoms with Crippen LogP contribution in [0, 0.1) is 30.4 Å². The normalized spacial score (nSPS) is 28.9. The molecule has 2 aliphatic rings. The number of carbonyl (C=O) groups is 2. The highest BCUT2D eigenvalue weighted by atomic mass is 127. The summed E-state index contributed by atoms with van der Waals surface area (Å²) in [4.78, 5) is 36.8. The van der Waals surface area contributed by atoms with Crippen LogP contribution in [0.25, 0.3) is 0 Å². The van der Waals surface area contributed by atoms with Crippen molar-refractivity contribution in [2.45, 2.75) is 59.2 Å². The Kier molecular flexibility index (Phi) is 5.01. The molecule has 1 aliphatic carbocycles. The van der Waals surface area contributed by atoms with E-state index < -0.39 is 33.4 Å². The lowest BCUT2D eigenvalue weighted by atomic mass is 9.66. The number of nitrogens with zero attached hydrogens (tertiary/aromatic N) is 1. The van der Waals surface area contributed by atoms with E-state index in [4.69, 9.17) is 9.47 Å². The molecule has 1 aromatic carbocycles. The minimum atomic E-state index is -1.36. The molecule has 1 heterocycles. The van der Waals surface area contributed by atoms with E-state index in [0.29, 0.717) is 18.4 Å². The Morgan fingerprint density at radius 2 is 1.93 bits per heavy atom. The Labute approximate surface area is 177 Å². The number of rotatable bonds is 5. The lowest BCUT2D eigenvalue weighted by molar-refractivity contribution is -0.386. The zero-order valence-electron chi connectivity index (χ0n) is 16.6. The second kappa shape index (κ2) is 6.67. The monoisotopic (exact) mass is 501 g/mol. The summed E-state index contributed by atoms with van der Waals surface area (Å²) in [5.41, 5.74) is -2.57. The van der Waals surface area contributed by atoms with E-state index in [2.05, 4.69) is 0 Å². The number of halogens is 1. The highest BCUT2D eigenvalue weighted by molar-refractivity contribution is 14.1. The van der Waals surface area contributed by atoms with Crippen molar-refractivity contribution < 1.29 is 24.0 Å². The topological polar surface area (TPSA) is 95.7 Å². The lowest BCUT2D eigenvalue weighted by Gasteiger charge is -2.36. The third-order valence-corrected chi connectivity index (χ3v) is 7.42. The molecule has 0 aromatic heterocycles. The van der Waals surface area contributed by atoms with Crippen LogP contribution in [0.3, 0.4) is 0 Å². The molecule has 2 fully saturated rings. The number of benzene rings is 1. The van der Waals surface area contributed by atoms with Crippen LogP contribution in [0.1, 0.15) is 59.1 Å². The molecule has 0 radical (unpaired) electrons. The molecule has 3 atom stereocenters. The summed E-state index contributed by atoms with van der Waals surface area (Å²) in [6.45, 7) is 9.19. The highest BCUT2D eigenvalue weighted by Gasteiger charge is 2.76. The Morgan fingerprint density at radius 3 is 2.39 bits per heavy atom. The third-order valence-electron chi connectivity index (χ3n) is 6.75. The van der Waals surface area contributed by atoms with Gasteiger partial charge in [0.25, 0.3) is 5.69 Å². The van der Waals surface area contributed by atoms with Gasteiger partial charge in [-0.1, -0.05) is 27.7 Å². The van der Waals surface area contributed by atoms with Crippen molar-refractivity contribution in [3.63, 3.8) is 0 Å². The highest BCUT2D eigenvalue weighted by Crippen LogP contribution is 2.66. The molecule has 3 rings (SSSR count). The van der Waals surface area contributed by atoms with E-state index in [9.17, 15) is 19.7 Å². The Balaban J connectivity index is 1.99. The number of nitro groups is 1. The predicted octanol–water partition coefficient (Wildman–Crippen LogP) is 4.56. The first-order valence-corrected chi connectivity index (χ1v) is 10.3. The molecule has 1 unspecified atom stereocenters. The average Bonchev–Trinajstić information content (AvgIpc) is 2.89. The molecule has 1 saturated heterocycles. The van der Waals surface area contributed by atoms with Crippen molar-refractivity contribution in [2.75, 3.05) is 0 Å². The number of carbonyl (C=O) groups excluding carboxylic acids is 2. The fraction of sp³-hybridized carbons (Fsp3) is 0.600. The molecule has 0 N–H and O–H groups in total. The Bertz CT molecular complexity index is 866. The number of ether oxygens (including phenoxy) is 2. The molecule has 0 amide bonds. The van der Waals surface area contributed by atoms with Crippen LogP contribution < -0.4 is 0 Å². The molecular formula is C20H24INO6. The molecule has 1 saturated carbocycles. The van der Waals surface area contributed by atoms with E-state index >= 15 is 0 Å². The van der Waals surface area contributed by atoms with Crippen molar-refractivity contribution in [3.8, 4) is 0 Å². The standard InChI is InChI=1S/C20H24INO6/c1-11(2)15(13-7-6-12(21)10-14(13)22(25)26)27-17(24)20-9-8-19(5,16(23)28-20)18(20,3)4/h6-7,10-11,15H,8-9H2,1-5H3/t15-,19?,20-/m1/s1. The number of hydrogen-bond acceptors (Lipinski definition) is 6. The summed E-state index contributed by atoms with van der Waals surface area (Å²) in [5.74, 6) is -1.22. The maximum Gasteiger partial charge on any atom is 0.351 e. The Hall–Kier alpha value is -1.71. The zero-order chi connectivity index (χ0) is 21.1. The first-order valence-electron chi connectivity index (χ1n) is 9.26. The third kappa shape index (κ3) is 2.74. The number of fused-ring (bicyclic) bond motifs is 2. The van der Waals surface area contributed by atoms with Crippen LogP contribution in [-0.2, 0) is 19.1 Å². The van der Waals surface area contributed by atoms with Crippen molar-refractivity contribution in [1.82, 2.24) is 0 Å². The van der Waals surface area contributed by atoms with Crippen LogP contribution >= 0.6 is 22.6 Å². The minimum absolute atomic E-state index is 0.0881. The van der Waals surface area contributed by atoms with E-state index in [1.165, 1.54) is 6.07 Å². The quantitative estimate of drug-likeness (QED) is 0.254. The van der Waals surface area contributed by atoms with Gasteiger partial charge in [-0.2, -0.15) is 0 Å². The van der Waals surface area contributed by atoms with Crippen LogP contribution in [-0.4, -0.2) is 22.5 Å². The second-order valence-electron chi connectivity index (χ2n) is 8.70. The molecular weight excluding hydrogens is 477 g/mol. The van der Waals surface area contributed by atoms with E-state index in [-0.39, 0.29) is 17.6 Å². The minimum Gasteiger partial charge on any atom is -0.454 e. The number of nitro benzene ring substituents is 1. The van der Waals surface area contributed by atoms with Crippen molar-refractivity contribution in [3.05, 3.63) is 37.4 Å². The summed E-state index contributed by atoms with van der Waals surface area (Å²) >= 11 is 2.00. The molecule has 8 heteroatoms. The van der Waals surface area contributed by atoms with Gasteiger partial charge in [0.05, 0.1) is 15.9 Å². The molecule has 28 heavy (non-hydrogen) atoms. The zero-order valence-corrected chi connectivity index (χ0v) is 18.7. The summed E-state index contributed by atoms with van der Waals surface area (Å²) < 4.78 is 12.2. The first kappa shape index (κ1) is 21.0. The van der Waals surface area contributed by atoms with Gasteiger partial charge in [0.1, 0.15) is 6.10 Å². The van der Waals surface area contributed by atoms with Gasteiger partial charge in [-0.05, 0) is 60.4 Å². The number of hydrogen-bond donors (Lipinski definition) is 0. The largest absolute Gasteiger partial charge is 0.454 e. The van der Waals surface area contributed by atoms with Crippen LogP contribution in [0.4, 0.5) is 5.69 Å². The molecule has 1 aromatic rings. The molecule has 1 aliphatic heterocycles. The maximum absolute atomic E-state index is 13.3. The van der Waals surface area contributed by atoms with Gasteiger partial charge >= 0.3 is 11.9 Å². The predicted molar refractivity (Wildman–Crippen MR) is 109 cm³/mol. The van der Waals surface area contributed by atoms with Crippen LogP contribution in [0.15, 0.2) is 18.2 Å². The number of esters is 2. The fourth-order valence-electron chi connectivity index (χ4n) is 4.39. The van der Waals surface area contributed by atoms with E-state index in [1.807, 2.05) is 57.2 Å². The maximum atomic E-state index is 13.3. The SMILES string of the molecule is CC(C)[C@@H](OC(=O)[C@@]12CCC(C)(C(=O)O1)C2(C)C)c1ccc(I)cc1[N+](=O)[O-]. The van der Waals surface area contributed by atoms with Gasteiger partial charge in [0, 0.05) is 15.1 Å². The van der Waals surface area contributed by atoms with Crippen LogP contribution in [0.5, 0.6) is 0 Å². The molecule has 152 valence electrons. The van der Waals surface area contributed by atoms with Crippen molar-refractivity contribution >= 4 is 40.2 Å². The smallest absolute Gasteiger partial charge is 0.351 e. The van der Waals surface area contributed by atoms with Crippen molar-refractivity contribution in [1.29, 1.82) is 0 Å². The van der Waals surface area contributed by atoms with Gasteiger partial charge in [-0.3, -0.25) is 14.9 Å². The first-order chi connectivity index (χ1) is 12.9. The second-order valence-corrected chi connectivity index (χ2v) is 9.95. The van der Waals surface area contributed by atoms with E-state index in [1.54, 1.807) is 12.1 Å². The fourth-order valence-corrected chi connectivity index (χ4v) is 4.86. The van der Waals surface area contributed by atoms with Gasteiger partial charge in [-0.25, -0.2) is 4.79 Å². The van der Waals surface area contributed by atoms with Gasteiger partial charge in [0.2, 0.25) is 5.60 Å². The lowest BCUT2D eigenvalue weighted by Crippen LogP contribution is -2.49. The van der Waals surface area contributed by atoms with Gasteiger partial charge < -0.3 is 9.47 Å². The van der Waals surface area contributed by atoms with Gasteiger partial charge in [0.15, 0.2) is 0 Å². The summed E-state index contributed by atoms with van der Waals surface area (Å²) in [6.07, 6.45) is 0.117. The Morgan fingerprint density at radius 1 is 1.29 bits per heavy atom. The summed E-state index contributed by atoms with van der Waals surface area (Å²) in [7, 11) is 0. The summed E-state index contributed by atoms with van der Waals surface area (Å²) in [6, 6.07) is 4.83. The van der Waals surface area contributed by atoms with Gasteiger partial charge in [-0.15, -0.1) is 0 Å². The van der Waals surface area contributed by atoms with E-state index in [0.717, 1.165) is 3.57 Å². The summed E-state index contributed by atoms with van der Waals surface area (Å²) in [5, 5.41) is 11.5.